The number of amides is 1. The van der Waals surface area contributed by atoms with Crippen molar-refractivity contribution in [3.05, 3.63) is 65.0 Å². The van der Waals surface area contributed by atoms with Gasteiger partial charge >= 0.3 is 0 Å². The summed E-state index contributed by atoms with van der Waals surface area (Å²) in [5, 5.41) is 2.26. The Bertz CT molecular complexity index is 783. The zero-order valence-corrected chi connectivity index (χ0v) is 15.4. The predicted octanol–water partition coefficient (Wildman–Crippen LogP) is 4.47. The first-order valence-electron chi connectivity index (χ1n) is 8.29. The lowest BCUT2D eigenvalue weighted by atomic mass is 9.87. The van der Waals surface area contributed by atoms with Gasteiger partial charge in [-0.15, -0.1) is 0 Å². The molecule has 6 heteroatoms. The minimum atomic E-state index is -1.60. The standard InChI is InChI=1S/C20H23F3N2O/c1-20(2,3)14-7-5-13(6-8-14)11-25(4)12-17(26)24-16-10-9-15(21)18(22)19(16)23/h5-10H,11-12H2,1-4H3,(H,24,26). The molecule has 0 radical (unpaired) electrons. The number of nitrogens with one attached hydrogen (secondary N) is 1. The molecular formula is C20H23F3N2O. The van der Waals surface area contributed by atoms with Gasteiger partial charge in [-0.2, -0.15) is 0 Å². The molecule has 0 aliphatic heterocycles. The number of likely N-dealkylation sites (N-methyl/N-ethyl adjacent to an activating group) is 1. The van der Waals surface area contributed by atoms with Crippen LogP contribution >= 0.6 is 0 Å². The van der Waals surface area contributed by atoms with Crippen LogP contribution < -0.4 is 5.32 Å². The molecule has 0 saturated heterocycles. The van der Waals surface area contributed by atoms with Crippen molar-refractivity contribution in [2.45, 2.75) is 32.7 Å². The second-order valence-corrected chi connectivity index (χ2v) is 7.39. The zero-order valence-electron chi connectivity index (χ0n) is 15.4. The van der Waals surface area contributed by atoms with Gasteiger partial charge in [-0.25, -0.2) is 13.2 Å². The Morgan fingerprint density at radius 3 is 2.19 bits per heavy atom. The minimum absolute atomic E-state index is 0.0144. The van der Waals surface area contributed by atoms with Crippen molar-refractivity contribution < 1.29 is 18.0 Å². The van der Waals surface area contributed by atoms with Crippen LogP contribution in [0.5, 0.6) is 0 Å². The Labute approximate surface area is 151 Å². The van der Waals surface area contributed by atoms with Gasteiger partial charge in [0, 0.05) is 6.54 Å². The molecule has 26 heavy (non-hydrogen) atoms. The molecule has 0 aliphatic carbocycles. The van der Waals surface area contributed by atoms with Gasteiger partial charge in [0.25, 0.3) is 0 Å². The van der Waals surface area contributed by atoms with E-state index in [-0.39, 0.29) is 17.6 Å². The molecule has 2 aromatic carbocycles. The second-order valence-electron chi connectivity index (χ2n) is 7.39. The average molecular weight is 364 g/mol. The van der Waals surface area contributed by atoms with Gasteiger partial charge in [0.05, 0.1) is 12.2 Å². The van der Waals surface area contributed by atoms with Crippen molar-refractivity contribution in [3.63, 3.8) is 0 Å². The lowest BCUT2D eigenvalue weighted by Gasteiger charge is -2.20. The van der Waals surface area contributed by atoms with E-state index in [1.54, 1.807) is 11.9 Å². The van der Waals surface area contributed by atoms with E-state index in [1.165, 1.54) is 5.56 Å². The second kappa shape index (κ2) is 7.91. The number of carbonyl (C=O) groups is 1. The monoisotopic (exact) mass is 364 g/mol. The van der Waals surface area contributed by atoms with Crippen LogP contribution in [0.25, 0.3) is 0 Å². The van der Waals surface area contributed by atoms with E-state index in [4.69, 9.17) is 0 Å². The highest BCUT2D eigenvalue weighted by Gasteiger charge is 2.16. The Hall–Kier alpha value is -2.34. The van der Waals surface area contributed by atoms with Crippen molar-refractivity contribution in [1.82, 2.24) is 4.90 Å². The summed E-state index contributed by atoms with van der Waals surface area (Å²) in [5.41, 5.74) is 1.94. The topological polar surface area (TPSA) is 32.3 Å². The summed E-state index contributed by atoms with van der Waals surface area (Å²) in [6, 6.07) is 9.89. The number of rotatable bonds is 5. The molecule has 0 heterocycles. The number of hydrogen-bond acceptors (Lipinski definition) is 2. The molecular weight excluding hydrogens is 341 g/mol. The minimum Gasteiger partial charge on any atom is -0.322 e. The Morgan fingerprint density at radius 2 is 1.62 bits per heavy atom. The number of halogens is 3. The third-order valence-corrected chi connectivity index (χ3v) is 4.00. The van der Waals surface area contributed by atoms with Crippen LogP contribution in [0.2, 0.25) is 0 Å². The molecule has 0 saturated carbocycles. The third-order valence-electron chi connectivity index (χ3n) is 4.00. The molecule has 0 aliphatic rings. The molecule has 0 bridgehead atoms. The SMILES string of the molecule is CN(CC(=O)Nc1ccc(F)c(F)c1F)Cc1ccc(C(C)(C)C)cc1. The molecule has 1 N–H and O–H groups in total. The van der Waals surface area contributed by atoms with Crippen LogP contribution in [0, 0.1) is 17.5 Å². The normalized spacial score (nSPS) is 11.7. The molecule has 2 rings (SSSR count). The average Bonchev–Trinajstić information content (AvgIpc) is 2.55. The highest BCUT2D eigenvalue weighted by molar-refractivity contribution is 5.92. The van der Waals surface area contributed by atoms with Gasteiger partial charge in [0.2, 0.25) is 5.91 Å². The van der Waals surface area contributed by atoms with E-state index in [1.807, 2.05) is 12.1 Å². The Kier molecular flexibility index (Phi) is 6.08. The first-order chi connectivity index (χ1) is 12.1. The molecule has 0 spiro atoms. The van der Waals surface area contributed by atoms with E-state index in [2.05, 4.69) is 38.2 Å². The smallest absolute Gasteiger partial charge is 0.238 e. The van der Waals surface area contributed by atoms with E-state index in [9.17, 15) is 18.0 Å². The molecule has 0 atom stereocenters. The Balaban J connectivity index is 1.94. The summed E-state index contributed by atoms with van der Waals surface area (Å²) < 4.78 is 39.7. The van der Waals surface area contributed by atoms with Gasteiger partial charge in [0.1, 0.15) is 0 Å². The first-order valence-corrected chi connectivity index (χ1v) is 8.29. The van der Waals surface area contributed by atoms with Crippen LogP contribution in [0.15, 0.2) is 36.4 Å². The van der Waals surface area contributed by atoms with E-state index >= 15 is 0 Å². The van der Waals surface area contributed by atoms with Crippen molar-refractivity contribution in [2.75, 3.05) is 18.9 Å². The van der Waals surface area contributed by atoms with Crippen LogP contribution in [0.3, 0.4) is 0 Å². The van der Waals surface area contributed by atoms with Crippen LogP contribution in [0.4, 0.5) is 18.9 Å². The van der Waals surface area contributed by atoms with Gasteiger partial charge in [-0.05, 0) is 35.7 Å². The lowest BCUT2D eigenvalue weighted by Crippen LogP contribution is -2.30. The van der Waals surface area contributed by atoms with Crippen LogP contribution in [-0.4, -0.2) is 24.4 Å². The van der Waals surface area contributed by atoms with E-state index in [0.29, 0.717) is 6.54 Å². The maximum atomic E-state index is 13.6. The summed E-state index contributed by atoms with van der Waals surface area (Å²) in [4.78, 5) is 13.8. The summed E-state index contributed by atoms with van der Waals surface area (Å²) >= 11 is 0. The highest BCUT2D eigenvalue weighted by Crippen LogP contribution is 2.22. The zero-order chi connectivity index (χ0) is 19.5. The van der Waals surface area contributed by atoms with E-state index < -0.39 is 23.4 Å². The molecule has 2 aromatic rings. The molecule has 0 unspecified atom stereocenters. The fourth-order valence-electron chi connectivity index (χ4n) is 2.54. The number of hydrogen-bond donors (Lipinski definition) is 1. The quantitative estimate of drug-likeness (QED) is 0.794. The van der Waals surface area contributed by atoms with Gasteiger partial charge in [-0.3, -0.25) is 9.69 Å². The number of nitrogens with zero attached hydrogens (tertiary/aromatic N) is 1. The van der Waals surface area contributed by atoms with E-state index in [0.717, 1.165) is 17.7 Å². The predicted molar refractivity (Wildman–Crippen MR) is 96.4 cm³/mol. The maximum absolute atomic E-state index is 13.6. The largest absolute Gasteiger partial charge is 0.322 e. The lowest BCUT2D eigenvalue weighted by molar-refractivity contribution is -0.117. The molecule has 0 aromatic heterocycles. The highest BCUT2D eigenvalue weighted by atomic mass is 19.2. The van der Waals surface area contributed by atoms with Gasteiger partial charge in [0.15, 0.2) is 17.5 Å². The third kappa shape index (κ3) is 5.08. The first kappa shape index (κ1) is 20.0. The number of carbonyl (C=O) groups excluding carboxylic acids is 1. The summed E-state index contributed by atoms with van der Waals surface area (Å²) in [5.74, 6) is -4.81. The van der Waals surface area contributed by atoms with Crippen LogP contribution in [0.1, 0.15) is 31.9 Å². The molecule has 3 nitrogen and oxygen atoms in total. The van der Waals surface area contributed by atoms with Crippen LogP contribution in [-0.2, 0) is 16.8 Å². The summed E-state index contributed by atoms with van der Waals surface area (Å²) in [6.45, 7) is 6.92. The van der Waals surface area contributed by atoms with Crippen molar-refractivity contribution >= 4 is 11.6 Å². The maximum Gasteiger partial charge on any atom is 0.238 e. The fourth-order valence-corrected chi connectivity index (χ4v) is 2.54. The number of benzene rings is 2. The number of anilines is 1. The van der Waals surface area contributed by atoms with Gasteiger partial charge < -0.3 is 5.32 Å². The fraction of sp³-hybridized carbons (Fsp3) is 0.350. The van der Waals surface area contributed by atoms with Crippen molar-refractivity contribution in [3.8, 4) is 0 Å². The van der Waals surface area contributed by atoms with Gasteiger partial charge in [-0.1, -0.05) is 45.0 Å². The van der Waals surface area contributed by atoms with Crippen molar-refractivity contribution in [1.29, 1.82) is 0 Å². The summed E-state index contributed by atoms with van der Waals surface area (Å²) in [7, 11) is 1.75. The van der Waals surface area contributed by atoms with Crippen molar-refractivity contribution in [2.24, 2.45) is 0 Å². The molecule has 1 amide bonds. The Morgan fingerprint density at radius 1 is 1.00 bits per heavy atom. The molecule has 140 valence electrons. The molecule has 0 fully saturated rings. The summed E-state index contributed by atoms with van der Waals surface area (Å²) in [6.07, 6.45) is 0.